The summed E-state index contributed by atoms with van der Waals surface area (Å²) in [6.45, 7) is 4.07. The largest absolute Gasteiger partial charge is 0.480 e. The molecule has 0 fully saturated rings. The Hall–Kier alpha value is -3.97. The molecule has 41 heavy (non-hydrogen) atoms. The van der Waals surface area contributed by atoms with Crippen molar-refractivity contribution in [2.75, 3.05) is 6.54 Å². The minimum Gasteiger partial charge on any atom is -0.480 e. The van der Waals surface area contributed by atoms with Crippen molar-refractivity contribution >= 4 is 40.5 Å². The van der Waals surface area contributed by atoms with Crippen LogP contribution < -0.4 is 33.2 Å². The molecule has 13 heteroatoms. The molecule has 0 aliphatic heterocycles. The highest BCUT2D eigenvalue weighted by atomic mass is 16.4. The minimum atomic E-state index is -1.18. The molecule has 2 rings (SSSR count). The molecule has 2 aromatic rings. The number of nitrogens with one attached hydrogen (secondary N) is 4. The number of H-pyrrole nitrogens is 1. The summed E-state index contributed by atoms with van der Waals surface area (Å²) in [5.74, 6) is -3.72. The summed E-state index contributed by atoms with van der Waals surface area (Å²) < 4.78 is 0. The van der Waals surface area contributed by atoms with Crippen molar-refractivity contribution in [1.29, 1.82) is 0 Å². The minimum absolute atomic E-state index is 0.000954. The lowest BCUT2D eigenvalue weighted by Crippen LogP contribution is -2.57. The number of amides is 4. The Balaban J connectivity index is 2.30. The lowest BCUT2D eigenvalue weighted by molar-refractivity contribution is -0.142. The molecule has 0 radical (unpaired) electrons. The van der Waals surface area contributed by atoms with Crippen molar-refractivity contribution in [2.45, 2.75) is 83.0 Å². The summed E-state index contributed by atoms with van der Waals surface area (Å²) in [4.78, 5) is 65.7. The van der Waals surface area contributed by atoms with Crippen LogP contribution in [0.1, 0.15) is 57.9 Å². The van der Waals surface area contributed by atoms with Gasteiger partial charge in [0.15, 0.2) is 0 Å². The van der Waals surface area contributed by atoms with E-state index in [0.717, 1.165) is 16.5 Å². The van der Waals surface area contributed by atoms with Crippen molar-refractivity contribution < 1.29 is 29.1 Å². The number of rotatable bonds is 18. The third kappa shape index (κ3) is 10.8. The lowest BCUT2D eigenvalue weighted by Gasteiger charge is -2.25. The van der Waals surface area contributed by atoms with E-state index in [9.17, 15) is 29.1 Å². The second-order valence-electron chi connectivity index (χ2n) is 10.6. The van der Waals surface area contributed by atoms with Crippen LogP contribution in [0.2, 0.25) is 0 Å². The number of hydrogen-bond donors (Lipinski definition) is 8. The van der Waals surface area contributed by atoms with Gasteiger partial charge in [0, 0.05) is 29.9 Å². The number of fused-ring (bicyclic) bond motifs is 1. The summed E-state index contributed by atoms with van der Waals surface area (Å²) in [5, 5.41) is 18.4. The lowest BCUT2D eigenvalue weighted by atomic mass is 10.0. The zero-order valence-corrected chi connectivity index (χ0v) is 23.7. The topological polar surface area (TPSA) is 236 Å². The number of unbranched alkanes of at least 4 members (excludes halogenated alkanes) is 1. The number of primary amides is 1. The number of aromatic amines is 1. The second kappa shape index (κ2) is 16.3. The molecule has 1 aromatic heterocycles. The molecule has 4 atom stereocenters. The molecule has 0 spiro atoms. The van der Waals surface area contributed by atoms with Gasteiger partial charge in [-0.3, -0.25) is 19.2 Å². The number of carbonyl (C=O) groups excluding carboxylic acids is 4. The predicted molar refractivity (Wildman–Crippen MR) is 154 cm³/mol. The van der Waals surface area contributed by atoms with Crippen LogP contribution in [0.5, 0.6) is 0 Å². The Morgan fingerprint density at radius 3 is 2.17 bits per heavy atom. The average Bonchev–Trinajstić information content (AvgIpc) is 3.32. The van der Waals surface area contributed by atoms with Gasteiger partial charge >= 0.3 is 5.97 Å². The van der Waals surface area contributed by atoms with E-state index in [4.69, 9.17) is 17.2 Å². The first-order chi connectivity index (χ1) is 19.4. The van der Waals surface area contributed by atoms with E-state index in [1.807, 2.05) is 38.1 Å². The molecule has 4 amide bonds. The highest BCUT2D eigenvalue weighted by molar-refractivity contribution is 5.95. The molecule has 226 valence electrons. The average molecular weight is 574 g/mol. The van der Waals surface area contributed by atoms with Gasteiger partial charge in [-0.1, -0.05) is 32.0 Å². The van der Waals surface area contributed by atoms with Gasteiger partial charge in [-0.2, -0.15) is 0 Å². The van der Waals surface area contributed by atoms with Crippen LogP contribution in [0.4, 0.5) is 0 Å². The van der Waals surface area contributed by atoms with Crippen molar-refractivity contribution in [3.63, 3.8) is 0 Å². The molecular weight excluding hydrogens is 530 g/mol. The molecule has 13 nitrogen and oxygen atoms in total. The molecule has 0 saturated heterocycles. The summed E-state index contributed by atoms with van der Waals surface area (Å²) in [7, 11) is 0. The van der Waals surface area contributed by atoms with Gasteiger partial charge in [-0.05, 0) is 56.2 Å². The predicted octanol–water partition coefficient (Wildman–Crippen LogP) is 0.0173. The van der Waals surface area contributed by atoms with E-state index in [1.54, 1.807) is 6.20 Å². The molecule has 11 N–H and O–H groups in total. The van der Waals surface area contributed by atoms with Crippen molar-refractivity contribution in [3.8, 4) is 0 Å². The smallest absolute Gasteiger partial charge is 0.326 e. The van der Waals surface area contributed by atoms with Gasteiger partial charge in [0.2, 0.25) is 23.6 Å². The molecule has 0 aliphatic rings. The van der Waals surface area contributed by atoms with Gasteiger partial charge in [0.25, 0.3) is 0 Å². The van der Waals surface area contributed by atoms with Crippen LogP contribution in [0, 0.1) is 5.92 Å². The van der Waals surface area contributed by atoms with E-state index >= 15 is 0 Å². The third-order valence-electron chi connectivity index (χ3n) is 6.67. The number of benzene rings is 1. The van der Waals surface area contributed by atoms with Crippen LogP contribution in [0.3, 0.4) is 0 Å². The summed E-state index contributed by atoms with van der Waals surface area (Å²) in [6.07, 6.45) is 3.26. The Kier molecular flexibility index (Phi) is 13.2. The van der Waals surface area contributed by atoms with Crippen molar-refractivity contribution in [3.05, 3.63) is 36.0 Å². The van der Waals surface area contributed by atoms with Crippen LogP contribution >= 0.6 is 0 Å². The van der Waals surface area contributed by atoms with E-state index in [0.29, 0.717) is 19.4 Å². The monoisotopic (exact) mass is 573 g/mol. The fourth-order valence-corrected chi connectivity index (χ4v) is 4.44. The van der Waals surface area contributed by atoms with E-state index < -0.39 is 53.8 Å². The standard InChI is InChI=1S/C28H43N7O6/c1-16(2)13-23(28(40)41)35-27(39)22(14-17-15-32-20-8-4-3-7-18(17)20)34-26(38)21(9-5-6-12-29)33-25(37)19(30)10-11-24(31)36/h3-4,7-8,15-16,19,21-23,32H,5-6,9-14,29-30H2,1-2H3,(H2,31,36)(H,33,37)(H,34,38)(H,35,39)(H,40,41). The second-order valence-corrected chi connectivity index (χ2v) is 10.6. The van der Waals surface area contributed by atoms with Gasteiger partial charge in [0.05, 0.1) is 6.04 Å². The van der Waals surface area contributed by atoms with E-state index in [-0.39, 0.29) is 38.0 Å². The van der Waals surface area contributed by atoms with Crippen LogP contribution in [-0.2, 0) is 30.4 Å². The number of carboxylic acid groups (broad SMARTS) is 1. The number of hydrogen-bond acceptors (Lipinski definition) is 7. The first kappa shape index (κ1) is 33.2. The normalized spacial score (nSPS) is 14.2. The van der Waals surface area contributed by atoms with Crippen LogP contribution in [-0.4, -0.2) is 70.4 Å². The fraction of sp³-hybridized carbons (Fsp3) is 0.536. The maximum Gasteiger partial charge on any atom is 0.326 e. The first-order valence-electron chi connectivity index (χ1n) is 13.9. The Morgan fingerprint density at radius 2 is 1.54 bits per heavy atom. The van der Waals surface area contributed by atoms with Gasteiger partial charge in [-0.25, -0.2) is 4.79 Å². The van der Waals surface area contributed by atoms with Gasteiger partial charge < -0.3 is 43.2 Å². The van der Waals surface area contributed by atoms with Gasteiger partial charge in [0.1, 0.15) is 18.1 Å². The highest BCUT2D eigenvalue weighted by Crippen LogP contribution is 2.19. The molecule has 0 saturated carbocycles. The fourth-order valence-electron chi connectivity index (χ4n) is 4.44. The molecular formula is C28H43N7O6. The highest BCUT2D eigenvalue weighted by Gasteiger charge is 2.31. The zero-order valence-electron chi connectivity index (χ0n) is 23.7. The molecule has 0 aliphatic carbocycles. The SMILES string of the molecule is CC(C)CC(NC(=O)C(Cc1c[nH]c2ccccc12)NC(=O)C(CCCCN)NC(=O)C(N)CCC(N)=O)C(=O)O. The molecule has 1 heterocycles. The Morgan fingerprint density at radius 1 is 0.902 bits per heavy atom. The quantitative estimate of drug-likeness (QED) is 0.113. The van der Waals surface area contributed by atoms with E-state index in [1.165, 1.54) is 0 Å². The summed E-state index contributed by atoms with van der Waals surface area (Å²) >= 11 is 0. The van der Waals surface area contributed by atoms with Crippen molar-refractivity contribution in [1.82, 2.24) is 20.9 Å². The number of nitrogens with two attached hydrogens (primary N) is 3. The first-order valence-corrected chi connectivity index (χ1v) is 13.9. The maximum absolute atomic E-state index is 13.5. The van der Waals surface area contributed by atoms with Gasteiger partial charge in [-0.15, -0.1) is 0 Å². The van der Waals surface area contributed by atoms with E-state index in [2.05, 4.69) is 20.9 Å². The van der Waals surface area contributed by atoms with Crippen LogP contribution in [0.25, 0.3) is 10.9 Å². The number of para-hydroxylation sites is 1. The summed E-state index contributed by atoms with van der Waals surface area (Å²) in [5.41, 5.74) is 18.2. The molecule has 4 unspecified atom stereocenters. The third-order valence-corrected chi connectivity index (χ3v) is 6.67. The van der Waals surface area contributed by atoms with Crippen LogP contribution in [0.15, 0.2) is 30.5 Å². The number of carboxylic acids is 1. The number of aliphatic carboxylic acids is 1. The molecule has 0 bridgehead atoms. The Labute approximate surface area is 239 Å². The Bertz CT molecular complexity index is 1200. The number of aromatic nitrogens is 1. The number of carbonyl (C=O) groups is 5. The molecule has 1 aromatic carbocycles. The summed E-state index contributed by atoms with van der Waals surface area (Å²) in [6, 6.07) is 3.06. The van der Waals surface area contributed by atoms with Crippen molar-refractivity contribution in [2.24, 2.45) is 23.1 Å². The maximum atomic E-state index is 13.5. The zero-order chi connectivity index (χ0) is 30.5.